The molecule has 5 nitrogen and oxygen atoms in total. The van der Waals surface area contributed by atoms with Crippen molar-refractivity contribution >= 4 is 17.2 Å². The molecule has 0 aliphatic carbocycles. The Bertz CT molecular complexity index is 471. The molecule has 20 heavy (non-hydrogen) atoms. The Morgan fingerprint density at radius 3 is 3.15 bits per heavy atom. The fourth-order valence-corrected chi connectivity index (χ4v) is 3.83. The van der Waals surface area contributed by atoms with Gasteiger partial charge in [-0.3, -0.25) is 4.79 Å². The second-order valence-corrected chi connectivity index (χ2v) is 6.57. The summed E-state index contributed by atoms with van der Waals surface area (Å²) in [5.41, 5.74) is 0. The van der Waals surface area contributed by atoms with E-state index in [4.69, 9.17) is 4.74 Å². The number of carbonyl (C=O) groups excluding carboxylic acids is 1. The van der Waals surface area contributed by atoms with Crippen LogP contribution in [0.1, 0.15) is 46.5 Å². The van der Waals surface area contributed by atoms with Crippen LogP contribution < -0.4 is 0 Å². The lowest BCUT2D eigenvalue weighted by molar-refractivity contribution is 0.0625. The molecule has 2 aliphatic heterocycles. The predicted octanol–water partition coefficient (Wildman–Crippen LogP) is 1.84. The standard InChI is InChI=1S/C14H20N2O3S/c17-9-10-3-1-5-16(8-10)14(18)12-7-15-13(20-12)11-4-2-6-19-11/h7,10-11,17H,1-6,8-9H2. The van der Waals surface area contributed by atoms with Gasteiger partial charge in [-0.25, -0.2) is 4.98 Å². The van der Waals surface area contributed by atoms with Crippen LogP contribution in [0.3, 0.4) is 0 Å². The summed E-state index contributed by atoms with van der Waals surface area (Å²) in [4.78, 5) is 19.3. The summed E-state index contributed by atoms with van der Waals surface area (Å²) in [5.74, 6) is 0.267. The Morgan fingerprint density at radius 2 is 2.40 bits per heavy atom. The van der Waals surface area contributed by atoms with E-state index < -0.39 is 0 Å². The molecule has 2 aliphatic rings. The number of piperidine rings is 1. The Kier molecular flexibility index (Phi) is 4.33. The van der Waals surface area contributed by atoms with E-state index in [-0.39, 0.29) is 24.5 Å². The minimum Gasteiger partial charge on any atom is -0.396 e. The minimum atomic E-state index is 0.0462. The van der Waals surface area contributed by atoms with Crippen molar-refractivity contribution in [1.82, 2.24) is 9.88 Å². The number of likely N-dealkylation sites (tertiary alicyclic amines) is 1. The first-order valence-corrected chi connectivity index (χ1v) is 8.07. The summed E-state index contributed by atoms with van der Waals surface area (Å²) < 4.78 is 5.60. The maximum Gasteiger partial charge on any atom is 0.265 e. The summed E-state index contributed by atoms with van der Waals surface area (Å²) in [6.07, 6.45) is 5.79. The van der Waals surface area contributed by atoms with Crippen molar-refractivity contribution in [2.45, 2.75) is 31.8 Å². The Labute approximate surface area is 122 Å². The number of aromatic nitrogens is 1. The SMILES string of the molecule is O=C(c1cnc(C2CCCO2)s1)N1CCCC(CO)C1. The van der Waals surface area contributed by atoms with E-state index in [2.05, 4.69) is 4.98 Å². The first-order chi connectivity index (χ1) is 9.78. The number of aliphatic hydroxyl groups is 1. The molecular formula is C14H20N2O3S. The van der Waals surface area contributed by atoms with Crippen LogP contribution >= 0.6 is 11.3 Å². The first kappa shape index (κ1) is 14.0. The fraction of sp³-hybridized carbons (Fsp3) is 0.714. The van der Waals surface area contributed by atoms with Crippen LogP contribution in [0.2, 0.25) is 0 Å². The Hall–Kier alpha value is -0.980. The van der Waals surface area contributed by atoms with Gasteiger partial charge in [-0.1, -0.05) is 0 Å². The third-order valence-electron chi connectivity index (χ3n) is 4.00. The number of rotatable bonds is 3. The van der Waals surface area contributed by atoms with Gasteiger partial charge in [0.15, 0.2) is 0 Å². The molecule has 3 heterocycles. The van der Waals surface area contributed by atoms with Crippen molar-refractivity contribution in [2.75, 3.05) is 26.3 Å². The summed E-state index contributed by atoms with van der Waals surface area (Å²) in [6.45, 7) is 2.39. The average molecular weight is 296 g/mol. The molecule has 3 rings (SSSR count). The number of carbonyl (C=O) groups is 1. The zero-order chi connectivity index (χ0) is 13.9. The van der Waals surface area contributed by atoms with E-state index >= 15 is 0 Å². The molecule has 2 unspecified atom stereocenters. The van der Waals surface area contributed by atoms with Gasteiger partial charge < -0.3 is 14.7 Å². The van der Waals surface area contributed by atoms with E-state index in [0.29, 0.717) is 11.4 Å². The lowest BCUT2D eigenvalue weighted by Crippen LogP contribution is -2.40. The van der Waals surface area contributed by atoms with Crippen LogP contribution in [-0.2, 0) is 4.74 Å². The van der Waals surface area contributed by atoms with Crippen LogP contribution in [0.5, 0.6) is 0 Å². The highest BCUT2D eigenvalue weighted by atomic mass is 32.1. The molecule has 2 atom stereocenters. The van der Waals surface area contributed by atoms with Gasteiger partial charge in [0, 0.05) is 26.3 Å². The number of aliphatic hydroxyl groups excluding tert-OH is 1. The lowest BCUT2D eigenvalue weighted by Gasteiger charge is -2.31. The topological polar surface area (TPSA) is 62.7 Å². The Balaban J connectivity index is 1.67. The molecule has 0 bridgehead atoms. The van der Waals surface area contributed by atoms with Gasteiger partial charge in [0.05, 0.1) is 6.20 Å². The first-order valence-electron chi connectivity index (χ1n) is 7.25. The van der Waals surface area contributed by atoms with Gasteiger partial charge in [0.1, 0.15) is 16.0 Å². The number of nitrogens with zero attached hydrogens (tertiary/aromatic N) is 2. The molecule has 6 heteroatoms. The third-order valence-corrected chi connectivity index (χ3v) is 5.08. The smallest absolute Gasteiger partial charge is 0.265 e. The molecule has 110 valence electrons. The quantitative estimate of drug-likeness (QED) is 0.924. The monoisotopic (exact) mass is 296 g/mol. The van der Waals surface area contributed by atoms with Crippen molar-refractivity contribution in [2.24, 2.45) is 5.92 Å². The van der Waals surface area contributed by atoms with Gasteiger partial charge >= 0.3 is 0 Å². The second-order valence-electron chi connectivity index (χ2n) is 5.51. The third kappa shape index (κ3) is 2.87. The van der Waals surface area contributed by atoms with Crippen LogP contribution in [0.25, 0.3) is 0 Å². The van der Waals surface area contributed by atoms with Crippen molar-refractivity contribution in [3.05, 3.63) is 16.1 Å². The number of hydrogen-bond donors (Lipinski definition) is 1. The number of amides is 1. The van der Waals surface area contributed by atoms with Crippen molar-refractivity contribution < 1.29 is 14.6 Å². The molecule has 1 amide bonds. The van der Waals surface area contributed by atoms with Crippen LogP contribution in [0, 0.1) is 5.92 Å². The van der Waals surface area contributed by atoms with Crippen LogP contribution in [0.15, 0.2) is 6.20 Å². The molecular weight excluding hydrogens is 276 g/mol. The summed E-state index contributed by atoms with van der Waals surface area (Å²) in [7, 11) is 0. The minimum absolute atomic E-state index is 0.0462. The van der Waals surface area contributed by atoms with Crippen molar-refractivity contribution in [1.29, 1.82) is 0 Å². The molecule has 2 fully saturated rings. The fourth-order valence-electron chi connectivity index (χ4n) is 2.86. The molecule has 0 radical (unpaired) electrons. The van der Waals surface area contributed by atoms with Gasteiger partial charge in [-0.15, -0.1) is 11.3 Å². The molecule has 1 aromatic rings. The van der Waals surface area contributed by atoms with Crippen LogP contribution in [-0.4, -0.2) is 47.2 Å². The maximum absolute atomic E-state index is 12.5. The summed E-state index contributed by atoms with van der Waals surface area (Å²) >= 11 is 1.45. The zero-order valence-electron chi connectivity index (χ0n) is 11.5. The molecule has 1 N–H and O–H groups in total. The van der Waals surface area contributed by atoms with E-state index in [0.717, 1.165) is 43.8 Å². The predicted molar refractivity (Wildman–Crippen MR) is 75.8 cm³/mol. The molecule has 1 aromatic heterocycles. The number of thiazole rings is 1. The van der Waals surface area contributed by atoms with Gasteiger partial charge in [-0.2, -0.15) is 0 Å². The Morgan fingerprint density at radius 1 is 1.50 bits per heavy atom. The maximum atomic E-state index is 12.5. The molecule has 0 saturated carbocycles. The highest BCUT2D eigenvalue weighted by Crippen LogP contribution is 2.32. The van der Waals surface area contributed by atoms with E-state index in [1.807, 2.05) is 4.90 Å². The van der Waals surface area contributed by atoms with E-state index in [1.165, 1.54) is 11.3 Å². The van der Waals surface area contributed by atoms with E-state index in [1.54, 1.807) is 6.20 Å². The summed E-state index contributed by atoms with van der Waals surface area (Å²) in [5, 5.41) is 10.2. The van der Waals surface area contributed by atoms with Gasteiger partial charge in [-0.05, 0) is 31.6 Å². The molecule has 0 spiro atoms. The highest BCUT2D eigenvalue weighted by Gasteiger charge is 2.27. The van der Waals surface area contributed by atoms with Crippen molar-refractivity contribution in [3.63, 3.8) is 0 Å². The molecule has 0 aromatic carbocycles. The van der Waals surface area contributed by atoms with Gasteiger partial charge in [0.2, 0.25) is 0 Å². The lowest BCUT2D eigenvalue weighted by atomic mass is 9.99. The second kappa shape index (κ2) is 6.20. The normalized spacial score (nSPS) is 26.9. The van der Waals surface area contributed by atoms with Gasteiger partial charge in [0.25, 0.3) is 5.91 Å². The van der Waals surface area contributed by atoms with Crippen LogP contribution in [0.4, 0.5) is 0 Å². The van der Waals surface area contributed by atoms with E-state index in [9.17, 15) is 9.90 Å². The summed E-state index contributed by atoms with van der Waals surface area (Å²) in [6, 6.07) is 0. The van der Waals surface area contributed by atoms with Crippen molar-refractivity contribution in [3.8, 4) is 0 Å². The average Bonchev–Trinajstić information content (AvgIpc) is 3.17. The number of ether oxygens (including phenoxy) is 1. The number of hydrogen-bond acceptors (Lipinski definition) is 5. The highest BCUT2D eigenvalue weighted by molar-refractivity contribution is 7.13. The zero-order valence-corrected chi connectivity index (χ0v) is 12.3. The molecule has 2 saturated heterocycles. The largest absolute Gasteiger partial charge is 0.396 e.